The largest absolute Gasteiger partial charge is 0.433 e. The van der Waals surface area contributed by atoms with Crippen molar-refractivity contribution in [3.05, 3.63) is 72.1 Å². The van der Waals surface area contributed by atoms with Gasteiger partial charge in [0.1, 0.15) is 5.69 Å². The monoisotopic (exact) mass is 347 g/mol. The molecule has 2 aromatic rings. The van der Waals surface area contributed by atoms with Crippen LogP contribution < -0.4 is 5.32 Å². The van der Waals surface area contributed by atoms with E-state index in [0.29, 0.717) is 0 Å². The predicted molar refractivity (Wildman–Crippen MR) is 94.0 cm³/mol. The van der Waals surface area contributed by atoms with E-state index in [2.05, 4.69) is 17.2 Å². The van der Waals surface area contributed by atoms with Gasteiger partial charge in [-0.3, -0.25) is 4.98 Å². The Kier molecular flexibility index (Phi) is 6.33. The van der Waals surface area contributed by atoms with Gasteiger partial charge in [0.05, 0.1) is 5.71 Å². The van der Waals surface area contributed by atoms with E-state index >= 15 is 0 Å². The fourth-order valence-electron chi connectivity index (χ4n) is 2.34. The molecule has 0 bridgehead atoms. The minimum Gasteiger partial charge on any atom is -0.379 e. The standard InChI is InChI=1S/C19H20F3N3/c1-2-6-15(25-16-7-4-3-5-8-16)9-10-17(23)14-11-12-24-18(13-14)19(20,21)22/h3-5,7-13,15,23,25H,2,6H2,1H3/t15-/m0/s1. The predicted octanol–water partition coefficient (Wildman–Crippen LogP) is 5.31. The lowest BCUT2D eigenvalue weighted by Gasteiger charge is -2.15. The van der Waals surface area contributed by atoms with Crippen LogP contribution in [-0.4, -0.2) is 16.7 Å². The van der Waals surface area contributed by atoms with E-state index in [1.54, 1.807) is 0 Å². The molecule has 1 atom stereocenters. The number of para-hydroxylation sites is 1. The zero-order chi connectivity index (χ0) is 18.3. The van der Waals surface area contributed by atoms with Gasteiger partial charge in [0.15, 0.2) is 0 Å². The smallest absolute Gasteiger partial charge is 0.379 e. The van der Waals surface area contributed by atoms with E-state index in [1.807, 2.05) is 36.4 Å². The van der Waals surface area contributed by atoms with Crippen molar-refractivity contribution in [3.8, 4) is 0 Å². The molecule has 1 aromatic carbocycles. The zero-order valence-electron chi connectivity index (χ0n) is 13.8. The molecule has 0 amide bonds. The van der Waals surface area contributed by atoms with Crippen LogP contribution in [0, 0.1) is 5.41 Å². The number of nitrogens with zero attached hydrogens (tertiary/aromatic N) is 1. The molecule has 2 N–H and O–H groups in total. The number of aromatic nitrogens is 1. The molecule has 0 radical (unpaired) electrons. The molecule has 0 fully saturated rings. The van der Waals surface area contributed by atoms with Crippen molar-refractivity contribution in [3.63, 3.8) is 0 Å². The number of nitrogens with one attached hydrogen (secondary N) is 2. The van der Waals surface area contributed by atoms with Crippen molar-refractivity contribution in [1.82, 2.24) is 4.98 Å². The summed E-state index contributed by atoms with van der Waals surface area (Å²) in [4.78, 5) is 3.32. The third kappa shape index (κ3) is 5.74. The molecule has 6 heteroatoms. The van der Waals surface area contributed by atoms with Gasteiger partial charge in [-0.2, -0.15) is 13.2 Å². The van der Waals surface area contributed by atoms with Crippen molar-refractivity contribution in [2.24, 2.45) is 0 Å². The van der Waals surface area contributed by atoms with E-state index in [1.165, 1.54) is 12.1 Å². The molecule has 0 spiro atoms. The molecule has 0 saturated carbocycles. The average molecular weight is 347 g/mol. The first-order valence-electron chi connectivity index (χ1n) is 8.02. The molecule has 0 aliphatic carbocycles. The molecular weight excluding hydrogens is 327 g/mol. The molecule has 1 heterocycles. The topological polar surface area (TPSA) is 48.8 Å². The summed E-state index contributed by atoms with van der Waals surface area (Å²) in [6.45, 7) is 2.05. The second kappa shape index (κ2) is 8.46. The maximum atomic E-state index is 12.7. The summed E-state index contributed by atoms with van der Waals surface area (Å²) in [7, 11) is 0. The van der Waals surface area contributed by atoms with Gasteiger partial charge in [-0.15, -0.1) is 0 Å². The average Bonchev–Trinajstić information content (AvgIpc) is 2.60. The van der Waals surface area contributed by atoms with Gasteiger partial charge in [-0.25, -0.2) is 0 Å². The first kappa shape index (κ1) is 18.7. The minimum absolute atomic E-state index is 0.00308. The van der Waals surface area contributed by atoms with Gasteiger partial charge in [-0.05, 0) is 36.8 Å². The Morgan fingerprint density at radius 3 is 2.60 bits per heavy atom. The molecule has 0 unspecified atom stereocenters. The number of hydrogen-bond acceptors (Lipinski definition) is 3. The summed E-state index contributed by atoms with van der Waals surface area (Å²) in [5.74, 6) is 0. The van der Waals surface area contributed by atoms with Crippen LogP contribution in [0.2, 0.25) is 0 Å². The van der Waals surface area contributed by atoms with E-state index in [4.69, 9.17) is 5.41 Å². The number of alkyl halides is 3. The quantitative estimate of drug-likeness (QED) is 0.667. The first-order chi connectivity index (χ1) is 11.9. The fraction of sp³-hybridized carbons (Fsp3) is 0.263. The lowest BCUT2D eigenvalue weighted by molar-refractivity contribution is -0.141. The van der Waals surface area contributed by atoms with Crippen LogP contribution in [0.3, 0.4) is 0 Å². The van der Waals surface area contributed by atoms with Crippen LogP contribution in [0.5, 0.6) is 0 Å². The molecule has 0 saturated heterocycles. The molecular formula is C19H20F3N3. The van der Waals surface area contributed by atoms with Gasteiger partial charge < -0.3 is 10.7 Å². The van der Waals surface area contributed by atoms with Crippen LogP contribution >= 0.6 is 0 Å². The highest BCUT2D eigenvalue weighted by atomic mass is 19.4. The minimum atomic E-state index is -4.51. The van der Waals surface area contributed by atoms with Crippen molar-refractivity contribution < 1.29 is 13.2 Å². The molecule has 132 valence electrons. The Hall–Kier alpha value is -2.63. The van der Waals surface area contributed by atoms with E-state index < -0.39 is 11.9 Å². The van der Waals surface area contributed by atoms with E-state index in [-0.39, 0.29) is 17.3 Å². The summed E-state index contributed by atoms with van der Waals surface area (Å²) in [6.07, 6.45) is 1.70. The number of rotatable bonds is 7. The maximum absolute atomic E-state index is 12.7. The van der Waals surface area contributed by atoms with Crippen molar-refractivity contribution in [1.29, 1.82) is 5.41 Å². The Morgan fingerprint density at radius 2 is 1.96 bits per heavy atom. The van der Waals surface area contributed by atoms with Gasteiger partial charge in [0, 0.05) is 23.5 Å². The number of hydrogen-bond donors (Lipinski definition) is 2. The number of anilines is 1. The number of pyridine rings is 1. The van der Waals surface area contributed by atoms with Crippen LogP contribution in [-0.2, 0) is 6.18 Å². The second-order valence-electron chi connectivity index (χ2n) is 5.61. The Labute approximate surface area is 145 Å². The summed E-state index contributed by atoms with van der Waals surface area (Å²) in [5.41, 5.74) is 0.175. The zero-order valence-corrected chi connectivity index (χ0v) is 13.8. The molecule has 3 nitrogen and oxygen atoms in total. The Balaban J connectivity index is 2.11. The molecule has 2 rings (SSSR count). The first-order valence-corrected chi connectivity index (χ1v) is 8.02. The van der Waals surface area contributed by atoms with Crippen LogP contribution in [0.1, 0.15) is 31.0 Å². The third-order valence-electron chi connectivity index (χ3n) is 3.58. The highest BCUT2D eigenvalue weighted by Gasteiger charge is 2.32. The Bertz CT molecular complexity index is 724. The van der Waals surface area contributed by atoms with Gasteiger partial charge in [-0.1, -0.05) is 37.6 Å². The SMILES string of the molecule is CCC[C@@H](C=CC(=N)c1ccnc(C(F)(F)F)c1)Nc1ccccc1. The van der Waals surface area contributed by atoms with E-state index in [0.717, 1.165) is 30.8 Å². The Morgan fingerprint density at radius 1 is 1.24 bits per heavy atom. The summed E-state index contributed by atoms with van der Waals surface area (Å²) >= 11 is 0. The lowest BCUT2D eigenvalue weighted by atomic mass is 10.1. The maximum Gasteiger partial charge on any atom is 0.433 e. The lowest BCUT2D eigenvalue weighted by Crippen LogP contribution is -2.17. The van der Waals surface area contributed by atoms with Crippen LogP contribution in [0.25, 0.3) is 0 Å². The highest BCUT2D eigenvalue weighted by molar-refractivity contribution is 6.06. The molecule has 1 aromatic heterocycles. The number of allylic oxidation sites excluding steroid dienone is 1. The van der Waals surface area contributed by atoms with E-state index in [9.17, 15) is 13.2 Å². The third-order valence-corrected chi connectivity index (χ3v) is 3.58. The number of benzene rings is 1. The second-order valence-corrected chi connectivity index (χ2v) is 5.61. The van der Waals surface area contributed by atoms with Crippen LogP contribution in [0.15, 0.2) is 60.8 Å². The van der Waals surface area contributed by atoms with Crippen molar-refractivity contribution >= 4 is 11.4 Å². The fourth-order valence-corrected chi connectivity index (χ4v) is 2.34. The molecule has 0 aliphatic rings. The van der Waals surface area contributed by atoms with Gasteiger partial charge in [0.25, 0.3) is 0 Å². The summed E-state index contributed by atoms with van der Waals surface area (Å²) in [5, 5.41) is 11.4. The number of halogens is 3. The normalized spacial score (nSPS) is 13.0. The molecule has 0 aliphatic heterocycles. The summed E-state index contributed by atoms with van der Waals surface area (Å²) < 4.78 is 38.2. The van der Waals surface area contributed by atoms with Gasteiger partial charge in [0.2, 0.25) is 0 Å². The van der Waals surface area contributed by atoms with Crippen molar-refractivity contribution in [2.45, 2.75) is 32.0 Å². The summed E-state index contributed by atoms with van der Waals surface area (Å²) in [6, 6.07) is 12.0. The molecule has 25 heavy (non-hydrogen) atoms. The van der Waals surface area contributed by atoms with Gasteiger partial charge >= 0.3 is 6.18 Å². The highest BCUT2D eigenvalue weighted by Crippen LogP contribution is 2.27. The van der Waals surface area contributed by atoms with Crippen molar-refractivity contribution in [2.75, 3.05) is 5.32 Å². The van der Waals surface area contributed by atoms with Crippen LogP contribution in [0.4, 0.5) is 18.9 Å².